The molecule has 146 valence electrons. The number of aryl methyl sites for hydroxylation is 2. The molecule has 1 aromatic heterocycles. The van der Waals surface area contributed by atoms with Gasteiger partial charge in [-0.25, -0.2) is 0 Å². The van der Waals surface area contributed by atoms with Gasteiger partial charge in [0.05, 0.1) is 5.69 Å². The quantitative estimate of drug-likeness (QED) is 0.446. The minimum atomic E-state index is -0.196. The fourth-order valence-corrected chi connectivity index (χ4v) is 3.27. The normalized spacial score (nSPS) is 12.3. The number of ketones is 1. The number of aromatic nitrogens is 1. The number of H-pyrrole nitrogens is 1. The maximum atomic E-state index is 12.5. The second-order valence-electron chi connectivity index (χ2n) is 9.13. The molecule has 1 aromatic carbocycles. The Kier molecular flexibility index (Phi) is 6.08. The van der Waals surface area contributed by atoms with Crippen LogP contribution in [0.1, 0.15) is 87.1 Å². The second kappa shape index (κ2) is 7.79. The highest BCUT2D eigenvalue weighted by Gasteiger charge is 2.29. The number of aromatic amines is 1. The van der Waals surface area contributed by atoms with Gasteiger partial charge < -0.3 is 4.98 Å². The van der Waals surface area contributed by atoms with Gasteiger partial charge in [0.25, 0.3) is 0 Å². The van der Waals surface area contributed by atoms with E-state index in [1.165, 1.54) is 0 Å². The van der Waals surface area contributed by atoms with E-state index in [4.69, 9.17) is 0 Å². The van der Waals surface area contributed by atoms with E-state index >= 15 is 0 Å². The van der Waals surface area contributed by atoms with Crippen LogP contribution in [0.2, 0.25) is 0 Å². The lowest BCUT2D eigenvalue weighted by molar-refractivity contribution is 0.0978. The first-order valence-corrected chi connectivity index (χ1v) is 9.69. The number of benzene rings is 1. The van der Waals surface area contributed by atoms with Gasteiger partial charge >= 0.3 is 0 Å². The molecule has 0 amide bonds. The van der Waals surface area contributed by atoms with Crippen LogP contribution in [0.3, 0.4) is 0 Å². The zero-order valence-electron chi connectivity index (χ0n) is 17.7. The van der Waals surface area contributed by atoms with Crippen LogP contribution in [0.25, 0.3) is 0 Å². The van der Waals surface area contributed by atoms with Crippen molar-refractivity contribution in [3.63, 3.8) is 0 Å². The van der Waals surface area contributed by atoms with Gasteiger partial charge in [-0.1, -0.05) is 53.7 Å². The Balaban J connectivity index is 2.43. The molecule has 0 spiro atoms. The number of nitroso groups, excluding NO2 is 1. The van der Waals surface area contributed by atoms with Gasteiger partial charge in [0.1, 0.15) is 5.69 Å². The van der Waals surface area contributed by atoms with Gasteiger partial charge in [-0.2, -0.15) is 0 Å². The molecule has 2 aromatic rings. The van der Waals surface area contributed by atoms with Crippen molar-refractivity contribution in [3.8, 4) is 0 Å². The molecule has 0 unspecified atom stereocenters. The largest absolute Gasteiger partial charge is 0.359 e. The van der Waals surface area contributed by atoms with Crippen LogP contribution in [-0.4, -0.2) is 10.8 Å². The van der Waals surface area contributed by atoms with E-state index in [9.17, 15) is 9.70 Å². The number of hydrogen-bond donors (Lipinski definition) is 1. The molecule has 27 heavy (non-hydrogen) atoms. The molecule has 4 nitrogen and oxygen atoms in total. The highest BCUT2D eigenvalue weighted by atomic mass is 16.3. The van der Waals surface area contributed by atoms with Crippen LogP contribution in [0.15, 0.2) is 29.6 Å². The Labute approximate surface area is 162 Å². The van der Waals surface area contributed by atoms with Crippen LogP contribution in [-0.2, 0) is 17.3 Å². The number of hydrogen-bond acceptors (Lipinski definition) is 3. The Bertz CT molecular complexity index is 839. The van der Waals surface area contributed by atoms with Gasteiger partial charge in [0.15, 0.2) is 5.78 Å². The van der Waals surface area contributed by atoms with Crippen molar-refractivity contribution in [3.05, 3.63) is 57.3 Å². The van der Waals surface area contributed by atoms with E-state index in [0.29, 0.717) is 24.2 Å². The molecule has 0 aliphatic heterocycles. The molecule has 0 aliphatic rings. The molecule has 0 saturated heterocycles. The summed E-state index contributed by atoms with van der Waals surface area (Å²) < 4.78 is 0. The molecule has 4 heteroatoms. The van der Waals surface area contributed by atoms with Crippen molar-refractivity contribution in [2.75, 3.05) is 0 Å². The number of rotatable bonds is 7. The third kappa shape index (κ3) is 4.74. The summed E-state index contributed by atoms with van der Waals surface area (Å²) in [6.45, 7) is 14.6. The zero-order chi connectivity index (χ0) is 20.4. The van der Waals surface area contributed by atoms with Crippen molar-refractivity contribution >= 4 is 11.5 Å². The summed E-state index contributed by atoms with van der Waals surface area (Å²) in [6, 6.07) is 6.01. The SMILES string of the molecule is CCC(C)(C)c1cc(CCC(=O)c2cc(C)c[nH]2)cc(C(C)(C)C)c1N=O. The summed E-state index contributed by atoms with van der Waals surface area (Å²) in [4.78, 5) is 27.2. The molecule has 0 bridgehead atoms. The lowest BCUT2D eigenvalue weighted by Gasteiger charge is -2.30. The summed E-state index contributed by atoms with van der Waals surface area (Å²) in [5.74, 6) is 0.106. The minimum absolute atomic E-state index is 0.106. The predicted octanol–water partition coefficient (Wildman–Crippen LogP) is 6.52. The van der Waals surface area contributed by atoms with Gasteiger partial charge in [0.2, 0.25) is 0 Å². The topological polar surface area (TPSA) is 62.3 Å². The van der Waals surface area contributed by atoms with Crippen LogP contribution in [0.4, 0.5) is 5.69 Å². The van der Waals surface area contributed by atoms with E-state index in [2.05, 4.69) is 63.8 Å². The fraction of sp³-hybridized carbons (Fsp3) is 0.522. The fourth-order valence-electron chi connectivity index (χ4n) is 3.27. The lowest BCUT2D eigenvalue weighted by atomic mass is 9.75. The third-order valence-electron chi connectivity index (χ3n) is 5.45. The highest BCUT2D eigenvalue weighted by Crippen LogP contribution is 2.42. The first-order chi connectivity index (χ1) is 12.5. The summed E-state index contributed by atoms with van der Waals surface area (Å²) >= 11 is 0. The summed E-state index contributed by atoms with van der Waals surface area (Å²) in [5, 5.41) is 3.42. The van der Waals surface area contributed by atoms with Crippen molar-refractivity contribution in [2.24, 2.45) is 5.18 Å². The Morgan fingerprint density at radius 3 is 2.19 bits per heavy atom. The number of carbonyl (C=O) groups is 1. The summed E-state index contributed by atoms with van der Waals surface area (Å²) in [7, 11) is 0. The van der Waals surface area contributed by atoms with Crippen LogP contribution in [0.5, 0.6) is 0 Å². The molecule has 1 heterocycles. The molecule has 0 aliphatic carbocycles. The van der Waals surface area contributed by atoms with Crippen LogP contribution < -0.4 is 0 Å². The van der Waals surface area contributed by atoms with Gasteiger partial charge in [-0.05, 0) is 64.1 Å². The monoisotopic (exact) mass is 368 g/mol. The Hall–Kier alpha value is -2.23. The van der Waals surface area contributed by atoms with E-state index < -0.39 is 0 Å². The molecular weight excluding hydrogens is 336 g/mol. The first kappa shape index (κ1) is 21.1. The third-order valence-corrected chi connectivity index (χ3v) is 5.45. The molecular formula is C23H32N2O2. The molecule has 1 N–H and O–H groups in total. The van der Waals surface area contributed by atoms with Crippen molar-refractivity contribution in [2.45, 2.75) is 78.6 Å². The lowest BCUT2D eigenvalue weighted by Crippen LogP contribution is -2.20. The molecule has 0 atom stereocenters. The second-order valence-corrected chi connectivity index (χ2v) is 9.13. The summed E-state index contributed by atoms with van der Waals surface area (Å²) in [6.07, 6.45) is 3.83. The molecule has 0 radical (unpaired) electrons. The van der Waals surface area contributed by atoms with Crippen LogP contribution >= 0.6 is 0 Å². The van der Waals surface area contributed by atoms with E-state index in [0.717, 1.165) is 28.7 Å². The number of Topliss-reactive ketones (excluding diaryl/α,β-unsaturated/α-hetero) is 1. The van der Waals surface area contributed by atoms with Crippen molar-refractivity contribution < 1.29 is 4.79 Å². The van der Waals surface area contributed by atoms with Crippen molar-refractivity contribution in [1.29, 1.82) is 0 Å². The minimum Gasteiger partial charge on any atom is -0.359 e. The van der Waals surface area contributed by atoms with Crippen LogP contribution in [0, 0.1) is 11.8 Å². The molecule has 0 fully saturated rings. The average molecular weight is 369 g/mol. The number of nitrogens with zero attached hydrogens (tertiary/aromatic N) is 1. The highest BCUT2D eigenvalue weighted by molar-refractivity contribution is 5.94. The van der Waals surface area contributed by atoms with Gasteiger partial charge in [0, 0.05) is 12.6 Å². The average Bonchev–Trinajstić information content (AvgIpc) is 3.04. The number of carbonyl (C=O) groups excluding carboxylic acids is 1. The zero-order valence-corrected chi connectivity index (χ0v) is 17.7. The van der Waals surface area contributed by atoms with E-state index in [-0.39, 0.29) is 16.6 Å². The summed E-state index contributed by atoms with van der Waals surface area (Å²) in [5.41, 5.74) is 4.94. The Morgan fingerprint density at radius 2 is 1.70 bits per heavy atom. The van der Waals surface area contributed by atoms with E-state index in [1.807, 2.05) is 19.2 Å². The standard InChI is InChI=1S/C23H32N2O2/c1-8-23(6,7)18-13-16(12-17(21(18)25-27)22(3,4)5)9-10-20(26)19-11-15(2)14-24-19/h11-14,24H,8-10H2,1-7H3. The van der Waals surface area contributed by atoms with Gasteiger partial charge in [-0.15, -0.1) is 4.91 Å². The predicted molar refractivity (Wildman–Crippen MR) is 112 cm³/mol. The number of nitrogens with one attached hydrogen (secondary N) is 1. The first-order valence-electron chi connectivity index (χ1n) is 9.69. The van der Waals surface area contributed by atoms with E-state index in [1.54, 1.807) is 0 Å². The maximum absolute atomic E-state index is 12.5. The van der Waals surface area contributed by atoms with Gasteiger partial charge in [-0.3, -0.25) is 4.79 Å². The Morgan fingerprint density at radius 1 is 1.07 bits per heavy atom. The van der Waals surface area contributed by atoms with Crippen molar-refractivity contribution in [1.82, 2.24) is 4.98 Å². The smallest absolute Gasteiger partial charge is 0.179 e. The molecule has 2 rings (SSSR count). The molecule has 0 saturated carbocycles. The maximum Gasteiger partial charge on any atom is 0.179 e.